The quantitative estimate of drug-likeness (QED) is 0.561. The molecule has 1 aromatic rings. The van der Waals surface area contributed by atoms with Gasteiger partial charge in [-0.3, -0.25) is 0 Å². The third-order valence-corrected chi connectivity index (χ3v) is 1.94. The second-order valence-electron chi connectivity index (χ2n) is 4.68. The van der Waals surface area contributed by atoms with Gasteiger partial charge in [0, 0.05) is 5.56 Å². The Morgan fingerprint density at radius 1 is 1.33 bits per heavy atom. The molecule has 3 heteroatoms. The lowest BCUT2D eigenvalue weighted by molar-refractivity contribution is 0.00693. The van der Waals surface area contributed by atoms with Crippen molar-refractivity contribution >= 4 is 5.97 Å². The summed E-state index contributed by atoms with van der Waals surface area (Å²) >= 11 is 0. The Morgan fingerprint density at radius 3 is 2.61 bits per heavy atom. The molecule has 1 rings (SSSR count). The smallest absolute Gasteiger partial charge is 0.339 e. The molecule has 1 aromatic carbocycles. The van der Waals surface area contributed by atoms with Crippen LogP contribution in [-0.4, -0.2) is 11.6 Å². The molecule has 0 atom stereocenters. The van der Waals surface area contributed by atoms with Crippen LogP contribution in [0, 0.1) is 23.2 Å². The van der Waals surface area contributed by atoms with Crippen molar-refractivity contribution in [2.75, 3.05) is 0 Å². The number of esters is 1. The number of hydrogen-bond acceptors (Lipinski definition) is 3. The van der Waals surface area contributed by atoms with Crippen LogP contribution in [0.15, 0.2) is 24.3 Å². The molecule has 3 nitrogen and oxygen atoms in total. The minimum absolute atomic E-state index is 0.142. The van der Waals surface area contributed by atoms with E-state index >= 15 is 0 Å². The van der Waals surface area contributed by atoms with Gasteiger partial charge in [-0.1, -0.05) is 24.0 Å². The molecule has 0 bridgehead atoms. The van der Waals surface area contributed by atoms with E-state index < -0.39 is 11.6 Å². The fourth-order valence-electron chi connectivity index (χ4n) is 1.28. The molecule has 0 fully saturated rings. The van der Waals surface area contributed by atoms with Gasteiger partial charge in [0.1, 0.15) is 5.60 Å². The molecule has 92 valence electrons. The van der Waals surface area contributed by atoms with E-state index in [1.54, 1.807) is 24.3 Å². The van der Waals surface area contributed by atoms with Crippen molar-refractivity contribution in [2.24, 2.45) is 0 Å². The molecule has 0 aliphatic rings. The van der Waals surface area contributed by atoms with Crippen LogP contribution in [0.1, 0.15) is 43.1 Å². The number of hydrogen-bond donors (Lipinski definition) is 0. The summed E-state index contributed by atoms with van der Waals surface area (Å²) in [5.74, 6) is 5.10. The predicted octanol–water partition coefficient (Wildman–Crippen LogP) is 2.91. The largest absolute Gasteiger partial charge is 0.456 e. The zero-order valence-electron chi connectivity index (χ0n) is 10.8. The van der Waals surface area contributed by atoms with Crippen LogP contribution in [0.25, 0.3) is 0 Å². The van der Waals surface area contributed by atoms with Crippen molar-refractivity contribution in [2.45, 2.75) is 32.8 Å². The molecule has 0 N–H and O–H groups in total. The summed E-state index contributed by atoms with van der Waals surface area (Å²) in [7, 11) is 0. The van der Waals surface area contributed by atoms with Crippen LogP contribution in [0.2, 0.25) is 0 Å². The molecule has 0 radical (unpaired) electrons. The maximum atomic E-state index is 12.0. The van der Waals surface area contributed by atoms with E-state index in [0.717, 1.165) is 0 Å². The SMILES string of the molecule is CC(C)(C)OC(=O)c1ccccc1C#CCC#N. The summed E-state index contributed by atoms with van der Waals surface area (Å²) in [6.45, 7) is 5.44. The Morgan fingerprint density at radius 2 is 2.00 bits per heavy atom. The number of rotatable bonds is 1. The highest BCUT2D eigenvalue weighted by atomic mass is 16.6. The monoisotopic (exact) mass is 241 g/mol. The fraction of sp³-hybridized carbons (Fsp3) is 0.333. The second kappa shape index (κ2) is 5.89. The number of nitriles is 1. The number of carbonyl (C=O) groups excluding carboxylic acids is 1. The van der Waals surface area contributed by atoms with E-state index in [4.69, 9.17) is 10.00 Å². The molecule has 0 aromatic heterocycles. The van der Waals surface area contributed by atoms with Gasteiger partial charge in [0.25, 0.3) is 0 Å². The van der Waals surface area contributed by atoms with Crippen LogP contribution in [0.5, 0.6) is 0 Å². The maximum absolute atomic E-state index is 12.0. The van der Waals surface area contributed by atoms with Gasteiger partial charge in [-0.2, -0.15) is 5.26 Å². The molecule has 0 unspecified atom stereocenters. The number of carbonyl (C=O) groups is 1. The third-order valence-electron chi connectivity index (χ3n) is 1.94. The average Bonchev–Trinajstić information content (AvgIpc) is 2.27. The normalized spacial score (nSPS) is 9.89. The number of nitrogens with zero attached hydrogens (tertiary/aromatic N) is 1. The van der Waals surface area contributed by atoms with Gasteiger partial charge in [0.05, 0.1) is 18.1 Å². The van der Waals surface area contributed by atoms with Crippen LogP contribution >= 0.6 is 0 Å². The molecule has 0 heterocycles. The second-order valence-corrected chi connectivity index (χ2v) is 4.68. The Balaban J connectivity index is 3.00. The van der Waals surface area contributed by atoms with Crippen molar-refractivity contribution in [3.8, 4) is 17.9 Å². The topological polar surface area (TPSA) is 50.1 Å². The first-order chi connectivity index (χ1) is 8.44. The van der Waals surface area contributed by atoms with Gasteiger partial charge in [-0.15, -0.1) is 0 Å². The molecule has 0 amide bonds. The van der Waals surface area contributed by atoms with Crippen LogP contribution in [-0.2, 0) is 4.74 Å². The molecular weight excluding hydrogens is 226 g/mol. The van der Waals surface area contributed by atoms with Crippen LogP contribution in [0.4, 0.5) is 0 Å². The number of ether oxygens (including phenoxy) is 1. The van der Waals surface area contributed by atoms with E-state index in [0.29, 0.717) is 11.1 Å². The van der Waals surface area contributed by atoms with Crippen molar-refractivity contribution in [3.05, 3.63) is 35.4 Å². The van der Waals surface area contributed by atoms with E-state index in [1.165, 1.54) is 0 Å². The molecule has 18 heavy (non-hydrogen) atoms. The Kier molecular flexibility index (Phi) is 4.52. The van der Waals surface area contributed by atoms with Gasteiger partial charge in [-0.25, -0.2) is 4.79 Å². The summed E-state index contributed by atoms with van der Waals surface area (Å²) in [4.78, 5) is 12.0. The van der Waals surface area contributed by atoms with E-state index in [2.05, 4.69) is 11.8 Å². The van der Waals surface area contributed by atoms with Gasteiger partial charge in [0.15, 0.2) is 0 Å². The molecule has 0 aliphatic carbocycles. The first-order valence-electron chi connectivity index (χ1n) is 5.62. The maximum Gasteiger partial charge on any atom is 0.339 e. The summed E-state index contributed by atoms with van der Waals surface area (Å²) in [5.41, 5.74) is 0.476. The van der Waals surface area contributed by atoms with Gasteiger partial charge in [-0.05, 0) is 32.9 Å². The Bertz CT molecular complexity index is 536. The van der Waals surface area contributed by atoms with Gasteiger partial charge < -0.3 is 4.74 Å². The van der Waals surface area contributed by atoms with Crippen molar-refractivity contribution in [1.82, 2.24) is 0 Å². The average molecular weight is 241 g/mol. The summed E-state index contributed by atoms with van der Waals surface area (Å²) in [6, 6.07) is 8.90. The highest BCUT2D eigenvalue weighted by Gasteiger charge is 2.19. The number of benzene rings is 1. The van der Waals surface area contributed by atoms with Crippen LogP contribution in [0.3, 0.4) is 0 Å². The zero-order valence-corrected chi connectivity index (χ0v) is 10.8. The Hall–Kier alpha value is -2.26. The molecule has 0 spiro atoms. The lowest BCUT2D eigenvalue weighted by Gasteiger charge is -2.19. The van der Waals surface area contributed by atoms with Crippen molar-refractivity contribution in [1.29, 1.82) is 5.26 Å². The van der Waals surface area contributed by atoms with Gasteiger partial charge in [0.2, 0.25) is 0 Å². The summed E-state index contributed by atoms with van der Waals surface area (Å²) in [5, 5.41) is 8.43. The molecule has 0 saturated heterocycles. The van der Waals surface area contributed by atoms with Crippen molar-refractivity contribution < 1.29 is 9.53 Å². The minimum Gasteiger partial charge on any atom is -0.456 e. The van der Waals surface area contributed by atoms with Gasteiger partial charge >= 0.3 is 5.97 Å². The summed E-state index contributed by atoms with van der Waals surface area (Å²) < 4.78 is 5.30. The first-order valence-corrected chi connectivity index (χ1v) is 5.62. The van der Waals surface area contributed by atoms with Crippen LogP contribution < -0.4 is 0 Å². The predicted molar refractivity (Wildman–Crippen MR) is 68.7 cm³/mol. The Labute approximate surface area is 107 Å². The standard InChI is InChI=1S/C15H15NO2/c1-15(2,3)18-14(17)13-10-5-4-8-12(13)9-6-7-11-16/h4-5,8,10H,7H2,1-3H3. The first kappa shape index (κ1) is 13.8. The summed E-state index contributed by atoms with van der Waals surface area (Å²) in [6.07, 6.45) is 0.142. The molecule has 0 saturated carbocycles. The zero-order chi connectivity index (χ0) is 13.6. The van der Waals surface area contributed by atoms with E-state index in [1.807, 2.05) is 26.8 Å². The minimum atomic E-state index is -0.537. The lowest BCUT2D eigenvalue weighted by atomic mass is 10.1. The van der Waals surface area contributed by atoms with E-state index in [-0.39, 0.29) is 6.42 Å². The molecular formula is C15H15NO2. The third kappa shape index (κ3) is 4.31. The fourth-order valence-corrected chi connectivity index (χ4v) is 1.28. The molecule has 0 aliphatic heterocycles. The highest BCUT2D eigenvalue weighted by molar-refractivity contribution is 5.92. The van der Waals surface area contributed by atoms with Crippen molar-refractivity contribution in [3.63, 3.8) is 0 Å². The van der Waals surface area contributed by atoms with E-state index in [9.17, 15) is 4.79 Å². The lowest BCUT2D eigenvalue weighted by Crippen LogP contribution is -2.24. The highest BCUT2D eigenvalue weighted by Crippen LogP contribution is 2.14.